The van der Waals surface area contributed by atoms with Crippen molar-refractivity contribution in [3.63, 3.8) is 0 Å². The highest BCUT2D eigenvalue weighted by Gasteiger charge is 2.16. The van der Waals surface area contributed by atoms with Crippen molar-refractivity contribution in [3.8, 4) is 0 Å². The predicted octanol–water partition coefficient (Wildman–Crippen LogP) is 4.12. The molecule has 1 aromatic carbocycles. The van der Waals surface area contributed by atoms with Gasteiger partial charge in [-0.3, -0.25) is 4.79 Å². The fraction of sp³-hybridized carbons (Fsp3) is 0.133. The number of nitrogens with one attached hydrogen (secondary N) is 1. The van der Waals surface area contributed by atoms with E-state index in [1.54, 1.807) is 36.6 Å². The Balaban J connectivity index is 1.84. The maximum Gasteiger partial charge on any atom is 0.261 e. The third-order valence-corrected chi connectivity index (χ3v) is 4.15. The zero-order valence-corrected chi connectivity index (χ0v) is 11.5. The number of benzene rings is 1. The molecule has 1 atom stereocenters. The summed E-state index contributed by atoms with van der Waals surface area (Å²) in [4.78, 5) is 12.7. The largest absolute Gasteiger partial charge is 0.467 e. The van der Waals surface area contributed by atoms with Crippen molar-refractivity contribution in [2.45, 2.75) is 13.0 Å². The Bertz CT molecular complexity index is 748. The molecule has 0 saturated carbocycles. The zero-order chi connectivity index (χ0) is 14.1. The number of furan rings is 1. The first-order valence-corrected chi connectivity index (χ1v) is 6.99. The van der Waals surface area contributed by atoms with Crippen LogP contribution >= 0.6 is 11.3 Å². The lowest BCUT2D eigenvalue weighted by atomic mass is 10.2. The third kappa shape index (κ3) is 2.32. The third-order valence-electron chi connectivity index (χ3n) is 3.05. The normalized spacial score (nSPS) is 12.5. The van der Waals surface area contributed by atoms with E-state index >= 15 is 0 Å². The van der Waals surface area contributed by atoms with Crippen LogP contribution in [0.5, 0.6) is 0 Å². The molecule has 1 unspecified atom stereocenters. The average molecular weight is 289 g/mol. The van der Waals surface area contributed by atoms with Gasteiger partial charge in [-0.15, -0.1) is 11.3 Å². The molecular weight excluding hydrogens is 277 g/mol. The molecule has 0 radical (unpaired) electrons. The molecule has 102 valence electrons. The van der Waals surface area contributed by atoms with E-state index in [-0.39, 0.29) is 17.8 Å². The highest BCUT2D eigenvalue weighted by atomic mass is 32.1. The topological polar surface area (TPSA) is 42.2 Å². The molecule has 0 aliphatic heterocycles. The number of carbonyl (C=O) groups excluding carboxylic acids is 1. The summed E-state index contributed by atoms with van der Waals surface area (Å²) in [5.74, 6) is 0.150. The van der Waals surface area contributed by atoms with Crippen LogP contribution in [0.1, 0.15) is 28.4 Å². The fourth-order valence-corrected chi connectivity index (χ4v) is 2.99. The van der Waals surface area contributed by atoms with Crippen molar-refractivity contribution in [1.29, 1.82) is 0 Å². The number of carbonyl (C=O) groups is 1. The summed E-state index contributed by atoms with van der Waals surface area (Å²) in [6.07, 6.45) is 1.56. The predicted molar refractivity (Wildman–Crippen MR) is 76.4 cm³/mol. The van der Waals surface area contributed by atoms with E-state index in [2.05, 4.69) is 5.32 Å². The van der Waals surface area contributed by atoms with Gasteiger partial charge in [0.1, 0.15) is 11.6 Å². The van der Waals surface area contributed by atoms with Crippen LogP contribution in [0.4, 0.5) is 4.39 Å². The monoisotopic (exact) mass is 289 g/mol. The highest BCUT2D eigenvalue weighted by Crippen LogP contribution is 2.28. The Hall–Kier alpha value is -2.14. The van der Waals surface area contributed by atoms with E-state index in [0.717, 1.165) is 4.70 Å². The van der Waals surface area contributed by atoms with Gasteiger partial charge < -0.3 is 9.73 Å². The molecule has 0 fully saturated rings. The minimum atomic E-state index is -0.308. The van der Waals surface area contributed by atoms with Crippen molar-refractivity contribution in [2.75, 3.05) is 0 Å². The smallest absolute Gasteiger partial charge is 0.261 e. The van der Waals surface area contributed by atoms with E-state index < -0.39 is 0 Å². The number of fused-ring (bicyclic) bond motifs is 1. The van der Waals surface area contributed by atoms with Crippen molar-refractivity contribution >= 4 is 27.3 Å². The molecule has 3 nitrogen and oxygen atoms in total. The van der Waals surface area contributed by atoms with Gasteiger partial charge in [0.2, 0.25) is 0 Å². The molecule has 1 N–H and O–H groups in total. The standard InChI is InChI=1S/C15H12FNO2S/c1-9(12-5-3-7-19-12)17-15(18)14-8-10-11(16)4-2-6-13(10)20-14/h2-9H,1H3,(H,17,18). The Kier molecular flexibility index (Phi) is 3.28. The molecule has 1 amide bonds. The quantitative estimate of drug-likeness (QED) is 0.788. The summed E-state index contributed by atoms with van der Waals surface area (Å²) in [5, 5.41) is 3.31. The SMILES string of the molecule is CC(NC(=O)c1cc2c(F)cccc2s1)c1ccco1. The molecular formula is C15H12FNO2S. The van der Waals surface area contributed by atoms with Crippen LogP contribution < -0.4 is 5.32 Å². The summed E-state index contributed by atoms with van der Waals surface area (Å²) in [7, 11) is 0. The first kappa shape index (κ1) is 12.9. The lowest BCUT2D eigenvalue weighted by molar-refractivity contribution is 0.0939. The van der Waals surface area contributed by atoms with Crippen LogP contribution in [0.2, 0.25) is 0 Å². The average Bonchev–Trinajstić information content (AvgIpc) is 3.08. The molecule has 0 saturated heterocycles. The van der Waals surface area contributed by atoms with Crippen LogP contribution in [0.3, 0.4) is 0 Å². The molecule has 0 bridgehead atoms. The Morgan fingerprint density at radius 1 is 1.35 bits per heavy atom. The lowest BCUT2D eigenvalue weighted by Gasteiger charge is -2.09. The molecule has 2 aromatic heterocycles. The number of rotatable bonds is 3. The number of thiophene rings is 1. The second kappa shape index (κ2) is 5.09. The Morgan fingerprint density at radius 3 is 2.90 bits per heavy atom. The number of amides is 1. The van der Waals surface area contributed by atoms with Crippen molar-refractivity contribution in [3.05, 3.63) is 59.1 Å². The van der Waals surface area contributed by atoms with Gasteiger partial charge in [0, 0.05) is 10.1 Å². The molecule has 5 heteroatoms. The molecule has 2 heterocycles. The van der Waals surface area contributed by atoms with E-state index in [9.17, 15) is 9.18 Å². The first-order chi connectivity index (χ1) is 9.65. The molecule has 0 aliphatic carbocycles. The van der Waals surface area contributed by atoms with E-state index in [1.807, 2.05) is 6.92 Å². The Labute approximate surface area is 119 Å². The van der Waals surface area contributed by atoms with Gasteiger partial charge in [-0.25, -0.2) is 4.39 Å². The second-order valence-corrected chi connectivity index (χ2v) is 5.56. The van der Waals surface area contributed by atoms with Crippen molar-refractivity contribution < 1.29 is 13.6 Å². The molecule has 3 rings (SSSR count). The van der Waals surface area contributed by atoms with Crippen LogP contribution in [0.25, 0.3) is 10.1 Å². The zero-order valence-electron chi connectivity index (χ0n) is 10.7. The number of halogens is 1. The summed E-state index contributed by atoms with van der Waals surface area (Å²) in [6, 6.07) is 9.76. The molecule has 3 aromatic rings. The molecule has 0 aliphatic rings. The summed E-state index contributed by atoms with van der Waals surface area (Å²) in [5.41, 5.74) is 0. The van der Waals surface area contributed by atoms with Crippen LogP contribution in [-0.4, -0.2) is 5.91 Å². The Morgan fingerprint density at radius 2 is 2.20 bits per heavy atom. The summed E-state index contributed by atoms with van der Waals surface area (Å²) < 4.78 is 19.6. The van der Waals surface area contributed by atoms with E-state index in [1.165, 1.54) is 17.4 Å². The van der Waals surface area contributed by atoms with Crippen molar-refractivity contribution in [1.82, 2.24) is 5.32 Å². The minimum absolute atomic E-state index is 0.227. The fourth-order valence-electron chi connectivity index (χ4n) is 2.01. The number of hydrogen-bond acceptors (Lipinski definition) is 3. The number of hydrogen-bond donors (Lipinski definition) is 1. The second-order valence-electron chi connectivity index (χ2n) is 4.47. The van der Waals surface area contributed by atoms with Crippen molar-refractivity contribution in [2.24, 2.45) is 0 Å². The van der Waals surface area contributed by atoms with Crippen LogP contribution in [0.15, 0.2) is 47.1 Å². The van der Waals surface area contributed by atoms with Gasteiger partial charge in [-0.1, -0.05) is 6.07 Å². The maximum absolute atomic E-state index is 13.6. The van der Waals surface area contributed by atoms with Gasteiger partial charge in [0.25, 0.3) is 5.91 Å². The van der Waals surface area contributed by atoms with Gasteiger partial charge in [0.15, 0.2) is 0 Å². The van der Waals surface area contributed by atoms with Crippen LogP contribution in [0, 0.1) is 5.82 Å². The molecule has 20 heavy (non-hydrogen) atoms. The van der Waals surface area contributed by atoms with Gasteiger partial charge in [0.05, 0.1) is 17.2 Å². The van der Waals surface area contributed by atoms with E-state index in [4.69, 9.17) is 4.42 Å². The molecule has 0 spiro atoms. The lowest BCUT2D eigenvalue weighted by Crippen LogP contribution is -2.25. The van der Waals surface area contributed by atoms with Crippen LogP contribution in [-0.2, 0) is 0 Å². The van der Waals surface area contributed by atoms with E-state index in [0.29, 0.717) is 16.0 Å². The highest BCUT2D eigenvalue weighted by molar-refractivity contribution is 7.20. The first-order valence-electron chi connectivity index (χ1n) is 6.17. The van der Waals surface area contributed by atoms with Gasteiger partial charge in [-0.05, 0) is 37.3 Å². The summed E-state index contributed by atoms with van der Waals surface area (Å²) >= 11 is 1.28. The van der Waals surface area contributed by atoms with Gasteiger partial charge in [-0.2, -0.15) is 0 Å². The van der Waals surface area contributed by atoms with Gasteiger partial charge >= 0.3 is 0 Å². The summed E-state index contributed by atoms with van der Waals surface area (Å²) in [6.45, 7) is 1.84. The minimum Gasteiger partial charge on any atom is -0.467 e. The maximum atomic E-state index is 13.6.